The Balaban J connectivity index is 0.00000320. The number of carbonyl (C=O) groups is 2. The van der Waals surface area contributed by atoms with Crippen LogP contribution in [0.15, 0.2) is 90.3 Å². The first-order valence-electron chi connectivity index (χ1n) is 11.9. The van der Waals surface area contributed by atoms with Crippen molar-refractivity contribution in [1.82, 2.24) is 9.88 Å². The highest BCUT2D eigenvalue weighted by atomic mass is 35.5. The fourth-order valence-electron chi connectivity index (χ4n) is 4.77. The standard InChI is InChI=1S/C29H27N3O3S.ClH/c1-35-29(34)24-18-32(16-20-10-4-2-5-11-20)17-23(24)22-14-8-9-15-25(22)30-27(33)26-19-36-28(31-26)21-12-6-3-7-13-21;/h2-15,19,23-24H,16-18H2,1H3,(H,30,33);1H/t23-,24+;/m1./s1. The number of rotatable bonds is 7. The van der Waals surface area contributed by atoms with E-state index in [1.165, 1.54) is 24.0 Å². The molecule has 3 aromatic carbocycles. The molecule has 0 saturated carbocycles. The van der Waals surface area contributed by atoms with Gasteiger partial charge in [0.15, 0.2) is 0 Å². The number of benzene rings is 3. The Morgan fingerprint density at radius 2 is 1.65 bits per heavy atom. The summed E-state index contributed by atoms with van der Waals surface area (Å²) in [5.41, 5.74) is 4.16. The highest BCUT2D eigenvalue weighted by Crippen LogP contribution is 2.38. The molecular formula is C29H28ClN3O3S. The average molecular weight is 534 g/mol. The second-order valence-corrected chi connectivity index (χ2v) is 9.72. The summed E-state index contributed by atoms with van der Waals surface area (Å²) >= 11 is 1.44. The summed E-state index contributed by atoms with van der Waals surface area (Å²) in [7, 11) is 1.43. The van der Waals surface area contributed by atoms with Gasteiger partial charge in [-0.25, -0.2) is 4.98 Å². The number of carbonyl (C=O) groups excluding carboxylic acids is 2. The number of para-hydroxylation sites is 1. The molecule has 2 atom stereocenters. The number of likely N-dealkylation sites (tertiary alicyclic amines) is 1. The summed E-state index contributed by atoms with van der Waals surface area (Å²) in [5.74, 6) is -0.924. The number of amides is 1. The first-order chi connectivity index (χ1) is 17.6. The van der Waals surface area contributed by atoms with Crippen molar-refractivity contribution in [3.8, 4) is 10.6 Å². The van der Waals surface area contributed by atoms with Gasteiger partial charge in [0.2, 0.25) is 0 Å². The lowest BCUT2D eigenvalue weighted by Gasteiger charge is -2.20. The number of ether oxygens (including phenoxy) is 1. The van der Waals surface area contributed by atoms with Crippen LogP contribution in [0, 0.1) is 5.92 Å². The Bertz CT molecular complexity index is 1350. The maximum absolute atomic E-state index is 13.1. The number of nitrogens with zero attached hydrogens (tertiary/aromatic N) is 2. The van der Waals surface area contributed by atoms with Gasteiger partial charge in [0.1, 0.15) is 10.7 Å². The number of aromatic nitrogens is 1. The fourth-order valence-corrected chi connectivity index (χ4v) is 5.58. The van der Waals surface area contributed by atoms with E-state index in [9.17, 15) is 9.59 Å². The van der Waals surface area contributed by atoms with Gasteiger partial charge in [-0.3, -0.25) is 14.5 Å². The molecule has 5 rings (SSSR count). The van der Waals surface area contributed by atoms with Gasteiger partial charge in [-0.15, -0.1) is 23.7 Å². The monoisotopic (exact) mass is 533 g/mol. The number of esters is 1. The van der Waals surface area contributed by atoms with E-state index in [-0.39, 0.29) is 36.1 Å². The second kappa shape index (κ2) is 12.1. The quantitative estimate of drug-likeness (QED) is 0.301. The number of methoxy groups -OCH3 is 1. The average Bonchev–Trinajstić information content (AvgIpc) is 3.58. The van der Waals surface area contributed by atoms with Gasteiger partial charge in [0, 0.05) is 42.2 Å². The maximum atomic E-state index is 13.1. The van der Waals surface area contributed by atoms with Crippen LogP contribution in [0.1, 0.15) is 27.5 Å². The number of anilines is 1. The van der Waals surface area contributed by atoms with Crippen molar-refractivity contribution in [1.29, 1.82) is 0 Å². The van der Waals surface area contributed by atoms with Crippen molar-refractivity contribution in [2.45, 2.75) is 12.5 Å². The first-order valence-corrected chi connectivity index (χ1v) is 12.8. The van der Waals surface area contributed by atoms with Crippen molar-refractivity contribution in [2.24, 2.45) is 5.92 Å². The molecule has 8 heteroatoms. The number of hydrogen-bond acceptors (Lipinski definition) is 6. The Hall–Kier alpha value is -3.52. The molecule has 0 aliphatic carbocycles. The molecule has 1 aromatic heterocycles. The Morgan fingerprint density at radius 3 is 2.38 bits per heavy atom. The molecule has 1 saturated heterocycles. The van der Waals surface area contributed by atoms with Crippen LogP contribution < -0.4 is 5.32 Å². The van der Waals surface area contributed by atoms with E-state index in [0.717, 1.165) is 22.7 Å². The summed E-state index contributed by atoms with van der Waals surface area (Å²) in [6.45, 7) is 2.04. The smallest absolute Gasteiger partial charge is 0.310 e. The Labute approximate surface area is 226 Å². The molecule has 37 heavy (non-hydrogen) atoms. The number of nitrogens with one attached hydrogen (secondary N) is 1. The first kappa shape index (κ1) is 26.5. The van der Waals surface area contributed by atoms with Gasteiger partial charge >= 0.3 is 5.97 Å². The van der Waals surface area contributed by atoms with E-state index in [2.05, 4.69) is 27.3 Å². The zero-order valence-corrected chi connectivity index (χ0v) is 22.0. The third kappa shape index (κ3) is 6.07. The van der Waals surface area contributed by atoms with Crippen LogP contribution in [-0.4, -0.2) is 42.0 Å². The molecule has 0 bridgehead atoms. The van der Waals surface area contributed by atoms with E-state index >= 15 is 0 Å². The predicted molar refractivity (Wildman–Crippen MR) is 149 cm³/mol. The van der Waals surface area contributed by atoms with Crippen LogP contribution in [0.4, 0.5) is 5.69 Å². The van der Waals surface area contributed by atoms with Crippen molar-refractivity contribution in [3.63, 3.8) is 0 Å². The van der Waals surface area contributed by atoms with Crippen molar-refractivity contribution >= 4 is 41.3 Å². The minimum absolute atomic E-state index is 0. The molecule has 1 amide bonds. The van der Waals surface area contributed by atoms with Gasteiger partial charge < -0.3 is 10.1 Å². The largest absolute Gasteiger partial charge is 0.469 e. The third-order valence-corrected chi connectivity index (χ3v) is 7.41. The molecule has 2 heterocycles. The highest BCUT2D eigenvalue weighted by molar-refractivity contribution is 7.13. The molecule has 190 valence electrons. The summed E-state index contributed by atoms with van der Waals surface area (Å²) in [6.07, 6.45) is 0. The molecule has 4 aromatic rings. The molecule has 1 aliphatic heterocycles. The summed E-state index contributed by atoms with van der Waals surface area (Å²) in [4.78, 5) is 32.7. The molecule has 0 spiro atoms. The molecular weight excluding hydrogens is 506 g/mol. The van der Waals surface area contributed by atoms with E-state index in [4.69, 9.17) is 4.74 Å². The number of thiazole rings is 1. The summed E-state index contributed by atoms with van der Waals surface area (Å²) in [6, 6.07) is 27.7. The number of halogens is 1. The molecule has 1 N–H and O–H groups in total. The molecule has 6 nitrogen and oxygen atoms in total. The minimum Gasteiger partial charge on any atom is -0.469 e. The Morgan fingerprint density at radius 1 is 0.973 bits per heavy atom. The zero-order valence-electron chi connectivity index (χ0n) is 20.4. The van der Waals surface area contributed by atoms with Crippen LogP contribution in [0.25, 0.3) is 10.6 Å². The van der Waals surface area contributed by atoms with E-state index < -0.39 is 0 Å². The zero-order chi connectivity index (χ0) is 24.9. The molecule has 1 aliphatic rings. The summed E-state index contributed by atoms with van der Waals surface area (Å²) in [5, 5.41) is 5.62. The molecule has 0 unspecified atom stereocenters. The lowest BCUT2D eigenvalue weighted by molar-refractivity contribution is -0.145. The minimum atomic E-state index is -0.319. The SMILES string of the molecule is COC(=O)[C@H]1CN(Cc2ccccc2)C[C@@H]1c1ccccc1NC(=O)c1csc(-c2ccccc2)n1.Cl. The predicted octanol–water partition coefficient (Wildman–Crippen LogP) is 5.87. The van der Waals surface area contributed by atoms with Gasteiger partial charge in [0.05, 0.1) is 13.0 Å². The third-order valence-electron chi connectivity index (χ3n) is 6.51. The van der Waals surface area contributed by atoms with Crippen LogP contribution in [0.3, 0.4) is 0 Å². The van der Waals surface area contributed by atoms with Crippen LogP contribution >= 0.6 is 23.7 Å². The van der Waals surface area contributed by atoms with E-state index in [0.29, 0.717) is 24.5 Å². The van der Waals surface area contributed by atoms with E-state index in [1.807, 2.05) is 72.8 Å². The van der Waals surface area contributed by atoms with Crippen molar-refractivity contribution in [2.75, 3.05) is 25.5 Å². The van der Waals surface area contributed by atoms with Crippen molar-refractivity contribution in [3.05, 3.63) is 107 Å². The Kier molecular flexibility index (Phi) is 8.71. The maximum Gasteiger partial charge on any atom is 0.310 e. The normalized spacial score (nSPS) is 17.1. The van der Waals surface area contributed by atoms with E-state index in [1.54, 1.807) is 5.38 Å². The van der Waals surface area contributed by atoms with Gasteiger partial charge in [0.25, 0.3) is 5.91 Å². The fraction of sp³-hybridized carbons (Fsp3) is 0.207. The van der Waals surface area contributed by atoms with Crippen LogP contribution in [0.5, 0.6) is 0 Å². The lowest BCUT2D eigenvalue weighted by atomic mass is 9.88. The molecule has 0 radical (unpaired) electrons. The topological polar surface area (TPSA) is 71.5 Å². The molecule has 1 fully saturated rings. The van der Waals surface area contributed by atoms with Gasteiger partial charge in [-0.05, 0) is 17.2 Å². The summed E-state index contributed by atoms with van der Waals surface area (Å²) < 4.78 is 5.16. The number of hydrogen-bond donors (Lipinski definition) is 1. The second-order valence-electron chi connectivity index (χ2n) is 8.86. The van der Waals surface area contributed by atoms with Gasteiger partial charge in [-0.2, -0.15) is 0 Å². The van der Waals surface area contributed by atoms with Crippen LogP contribution in [-0.2, 0) is 16.1 Å². The van der Waals surface area contributed by atoms with Gasteiger partial charge in [-0.1, -0.05) is 78.9 Å². The lowest BCUT2D eigenvalue weighted by Crippen LogP contribution is -2.25. The van der Waals surface area contributed by atoms with Crippen molar-refractivity contribution < 1.29 is 14.3 Å². The highest BCUT2D eigenvalue weighted by Gasteiger charge is 2.40. The van der Waals surface area contributed by atoms with Crippen LogP contribution in [0.2, 0.25) is 0 Å².